The van der Waals surface area contributed by atoms with E-state index in [-0.39, 0.29) is 5.91 Å². The number of aromatic nitrogens is 1. The molecule has 1 heterocycles. The Morgan fingerprint density at radius 1 is 1.20 bits per heavy atom. The number of rotatable bonds is 5. The van der Waals surface area contributed by atoms with Crippen LogP contribution in [0, 0.1) is 0 Å². The zero-order chi connectivity index (χ0) is 17.3. The summed E-state index contributed by atoms with van der Waals surface area (Å²) in [5, 5.41) is 17.9. The van der Waals surface area contributed by atoms with Crippen LogP contribution in [0.15, 0.2) is 30.3 Å². The number of para-hydroxylation sites is 1. The lowest BCUT2D eigenvalue weighted by atomic mass is 9.85. The second-order valence-electron chi connectivity index (χ2n) is 7.46. The SMILES string of the molecule is O=C(NC1CC1)c1cc(NCC2(O)CCCCC2)nc2ccccc12. The number of pyridine rings is 1. The van der Waals surface area contributed by atoms with Crippen molar-refractivity contribution in [3.8, 4) is 0 Å². The van der Waals surface area contributed by atoms with Crippen molar-refractivity contribution in [2.45, 2.75) is 56.6 Å². The van der Waals surface area contributed by atoms with Gasteiger partial charge in [0.2, 0.25) is 0 Å². The molecule has 0 radical (unpaired) electrons. The maximum atomic E-state index is 12.6. The molecule has 0 unspecified atom stereocenters. The Balaban J connectivity index is 1.59. The highest BCUT2D eigenvalue weighted by Gasteiger charge is 2.29. The van der Waals surface area contributed by atoms with Crippen LogP contribution in [0.4, 0.5) is 5.82 Å². The molecule has 0 spiro atoms. The molecule has 2 saturated carbocycles. The number of fused-ring (bicyclic) bond motifs is 1. The number of nitrogens with zero attached hydrogens (tertiary/aromatic N) is 1. The van der Waals surface area contributed by atoms with Crippen LogP contribution in [0.25, 0.3) is 10.9 Å². The minimum atomic E-state index is -0.665. The van der Waals surface area contributed by atoms with Crippen molar-refractivity contribution in [1.82, 2.24) is 10.3 Å². The number of anilines is 1. The maximum Gasteiger partial charge on any atom is 0.252 e. The van der Waals surface area contributed by atoms with Gasteiger partial charge in [0, 0.05) is 18.0 Å². The highest BCUT2D eigenvalue weighted by atomic mass is 16.3. The van der Waals surface area contributed by atoms with Crippen LogP contribution >= 0.6 is 0 Å². The number of nitrogens with one attached hydrogen (secondary N) is 2. The van der Waals surface area contributed by atoms with Gasteiger partial charge in [-0.3, -0.25) is 4.79 Å². The van der Waals surface area contributed by atoms with Gasteiger partial charge in [-0.2, -0.15) is 0 Å². The molecule has 2 fully saturated rings. The molecule has 5 heteroatoms. The van der Waals surface area contributed by atoms with Crippen LogP contribution in [0.2, 0.25) is 0 Å². The summed E-state index contributed by atoms with van der Waals surface area (Å²) >= 11 is 0. The summed E-state index contributed by atoms with van der Waals surface area (Å²) in [7, 11) is 0. The molecular weight excluding hydrogens is 314 g/mol. The molecule has 1 amide bonds. The highest BCUT2D eigenvalue weighted by molar-refractivity contribution is 6.07. The summed E-state index contributed by atoms with van der Waals surface area (Å²) in [5.74, 6) is 0.610. The van der Waals surface area contributed by atoms with Gasteiger partial charge in [-0.05, 0) is 37.8 Å². The monoisotopic (exact) mass is 339 g/mol. The van der Waals surface area contributed by atoms with Crippen LogP contribution in [0.5, 0.6) is 0 Å². The molecule has 1 aromatic carbocycles. The van der Waals surface area contributed by atoms with Crippen LogP contribution < -0.4 is 10.6 Å². The second kappa shape index (κ2) is 6.64. The second-order valence-corrected chi connectivity index (χ2v) is 7.46. The van der Waals surface area contributed by atoms with Crippen molar-refractivity contribution in [1.29, 1.82) is 0 Å². The van der Waals surface area contributed by atoms with Gasteiger partial charge in [0.25, 0.3) is 5.91 Å². The molecular formula is C20H25N3O2. The molecule has 2 aliphatic carbocycles. The van der Waals surface area contributed by atoms with E-state index in [1.165, 1.54) is 6.42 Å². The van der Waals surface area contributed by atoms with Gasteiger partial charge >= 0.3 is 0 Å². The molecule has 2 aliphatic rings. The average Bonchev–Trinajstić information content (AvgIpc) is 3.44. The molecule has 3 N–H and O–H groups in total. The molecule has 2 aromatic rings. The predicted octanol–water partition coefficient (Wildman–Crippen LogP) is 3.23. The Labute approximate surface area is 147 Å². The average molecular weight is 339 g/mol. The van der Waals surface area contributed by atoms with E-state index in [9.17, 15) is 9.90 Å². The number of carbonyl (C=O) groups excluding carboxylic acids is 1. The third-order valence-electron chi connectivity index (χ3n) is 5.26. The Bertz CT molecular complexity index is 780. The number of aliphatic hydroxyl groups is 1. The van der Waals surface area contributed by atoms with E-state index in [0.717, 1.165) is 49.4 Å². The smallest absolute Gasteiger partial charge is 0.252 e. The lowest BCUT2D eigenvalue weighted by Crippen LogP contribution is -2.39. The lowest BCUT2D eigenvalue weighted by molar-refractivity contribution is 0.0166. The summed E-state index contributed by atoms with van der Waals surface area (Å²) in [6.07, 6.45) is 7.10. The standard InChI is InChI=1S/C20H25N3O2/c24-19(22-14-8-9-14)16-12-18(23-17-7-3-2-6-15(16)17)21-13-20(25)10-4-1-5-11-20/h2-3,6-7,12,14,25H,1,4-5,8-11,13H2,(H,21,23)(H,22,24). The van der Waals surface area contributed by atoms with Gasteiger partial charge in [0.05, 0.1) is 16.7 Å². The molecule has 5 nitrogen and oxygen atoms in total. The van der Waals surface area contributed by atoms with E-state index < -0.39 is 5.60 Å². The number of carbonyl (C=O) groups is 1. The van der Waals surface area contributed by atoms with Gasteiger partial charge in [-0.25, -0.2) is 4.98 Å². The van der Waals surface area contributed by atoms with Gasteiger partial charge in [-0.1, -0.05) is 37.5 Å². The zero-order valence-electron chi connectivity index (χ0n) is 14.4. The van der Waals surface area contributed by atoms with E-state index in [4.69, 9.17) is 0 Å². The first kappa shape index (κ1) is 16.3. The minimum absolute atomic E-state index is 0.0412. The molecule has 25 heavy (non-hydrogen) atoms. The normalized spacial score (nSPS) is 19.6. The first-order valence-electron chi connectivity index (χ1n) is 9.30. The third kappa shape index (κ3) is 3.76. The molecule has 4 rings (SSSR count). The first-order chi connectivity index (χ1) is 12.1. The van der Waals surface area contributed by atoms with Crippen LogP contribution in [-0.4, -0.2) is 34.2 Å². The van der Waals surface area contributed by atoms with Gasteiger partial charge < -0.3 is 15.7 Å². The first-order valence-corrected chi connectivity index (χ1v) is 9.30. The van der Waals surface area contributed by atoms with E-state index in [2.05, 4.69) is 15.6 Å². The summed E-state index contributed by atoms with van der Waals surface area (Å²) in [6, 6.07) is 9.84. The summed E-state index contributed by atoms with van der Waals surface area (Å²) < 4.78 is 0. The Morgan fingerprint density at radius 3 is 2.72 bits per heavy atom. The number of hydrogen-bond donors (Lipinski definition) is 3. The quantitative estimate of drug-likeness (QED) is 0.782. The Morgan fingerprint density at radius 2 is 1.96 bits per heavy atom. The van der Waals surface area contributed by atoms with Crippen molar-refractivity contribution in [2.24, 2.45) is 0 Å². The van der Waals surface area contributed by atoms with Crippen LogP contribution in [0.1, 0.15) is 55.3 Å². The van der Waals surface area contributed by atoms with Crippen LogP contribution in [0.3, 0.4) is 0 Å². The number of benzene rings is 1. The van der Waals surface area contributed by atoms with Crippen molar-refractivity contribution in [2.75, 3.05) is 11.9 Å². The Hall–Kier alpha value is -2.14. The van der Waals surface area contributed by atoms with E-state index in [1.54, 1.807) is 0 Å². The molecule has 1 aromatic heterocycles. The fraction of sp³-hybridized carbons (Fsp3) is 0.500. The minimum Gasteiger partial charge on any atom is -0.388 e. The Kier molecular flexibility index (Phi) is 4.34. The number of hydrogen-bond acceptors (Lipinski definition) is 4. The topological polar surface area (TPSA) is 74.2 Å². The van der Waals surface area contributed by atoms with E-state index >= 15 is 0 Å². The fourth-order valence-corrected chi connectivity index (χ4v) is 3.59. The number of amides is 1. The summed E-state index contributed by atoms with van der Waals surface area (Å²) in [5.41, 5.74) is 0.780. The largest absolute Gasteiger partial charge is 0.388 e. The van der Waals surface area contributed by atoms with Crippen molar-refractivity contribution < 1.29 is 9.90 Å². The molecule has 0 saturated heterocycles. The van der Waals surface area contributed by atoms with E-state index in [1.807, 2.05) is 30.3 Å². The van der Waals surface area contributed by atoms with Gasteiger partial charge in [0.15, 0.2) is 0 Å². The molecule has 0 aliphatic heterocycles. The van der Waals surface area contributed by atoms with Crippen molar-refractivity contribution in [3.63, 3.8) is 0 Å². The lowest BCUT2D eigenvalue weighted by Gasteiger charge is -2.32. The highest BCUT2D eigenvalue weighted by Crippen LogP contribution is 2.29. The molecule has 0 bridgehead atoms. The van der Waals surface area contributed by atoms with Crippen molar-refractivity contribution in [3.05, 3.63) is 35.9 Å². The molecule has 132 valence electrons. The van der Waals surface area contributed by atoms with E-state index in [0.29, 0.717) is 24.0 Å². The van der Waals surface area contributed by atoms with Crippen LogP contribution in [-0.2, 0) is 0 Å². The summed E-state index contributed by atoms with van der Waals surface area (Å²) in [4.78, 5) is 17.2. The molecule has 0 atom stereocenters. The predicted molar refractivity (Wildman–Crippen MR) is 98.8 cm³/mol. The van der Waals surface area contributed by atoms with Crippen molar-refractivity contribution >= 4 is 22.6 Å². The van der Waals surface area contributed by atoms with Gasteiger partial charge in [-0.15, -0.1) is 0 Å². The van der Waals surface area contributed by atoms with Gasteiger partial charge in [0.1, 0.15) is 5.82 Å². The summed E-state index contributed by atoms with van der Waals surface area (Å²) in [6.45, 7) is 0.474. The third-order valence-corrected chi connectivity index (χ3v) is 5.26. The zero-order valence-corrected chi connectivity index (χ0v) is 14.4. The maximum absolute atomic E-state index is 12.6. The fourth-order valence-electron chi connectivity index (χ4n) is 3.59.